The summed E-state index contributed by atoms with van der Waals surface area (Å²) >= 11 is 4.91. The molecule has 156 valence electrons. The van der Waals surface area contributed by atoms with Gasteiger partial charge in [-0.25, -0.2) is 15.0 Å². The number of carbonyl (C=O) groups excluding carboxylic acids is 1. The standard InChI is InChI=1S/C23H20N4OS3/c1-15-19(25-17-7-3-2-6-16(17)24-15)13-29-14-23(28)27-20(22-9-5-11-31-22)12-18(26-27)21-8-4-10-30-21/h2-11,20H,12-14H2,1H3/t20-/m0/s1. The Morgan fingerprint density at radius 2 is 1.84 bits per heavy atom. The van der Waals surface area contributed by atoms with E-state index in [0.717, 1.165) is 39.4 Å². The predicted molar refractivity (Wildman–Crippen MR) is 130 cm³/mol. The molecule has 0 saturated heterocycles. The summed E-state index contributed by atoms with van der Waals surface area (Å²) in [7, 11) is 0. The molecule has 3 aromatic heterocycles. The van der Waals surface area contributed by atoms with E-state index < -0.39 is 0 Å². The molecule has 0 unspecified atom stereocenters. The minimum atomic E-state index is -0.0209. The molecule has 31 heavy (non-hydrogen) atoms. The van der Waals surface area contributed by atoms with Gasteiger partial charge in [0, 0.05) is 17.1 Å². The van der Waals surface area contributed by atoms with Gasteiger partial charge in [0.2, 0.25) is 0 Å². The highest BCUT2D eigenvalue weighted by Gasteiger charge is 2.33. The number of hydrogen-bond donors (Lipinski definition) is 0. The van der Waals surface area contributed by atoms with Crippen molar-refractivity contribution in [3.63, 3.8) is 0 Å². The van der Waals surface area contributed by atoms with E-state index in [9.17, 15) is 4.79 Å². The minimum absolute atomic E-state index is 0.0209. The lowest BCUT2D eigenvalue weighted by molar-refractivity contribution is -0.130. The third-order valence-electron chi connectivity index (χ3n) is 5.15. The fraction of sp³-hybridized carbons (Fsp3) is 0.217. The van der Waals surface area contributed by atoms with Gasteiger partial charge in [0.25, 0.3) is 5.91 Å². The molecule has 0 saturated carbocycles. The van der Waals surface area contributed by atoms with Gasteiger partial charge >= 0.3 is 0 Å². The second-order valence-electron chi connectivity index (χ2n) is 7.23. The second kappa shape index (κ2) is 8.90. The van der Waals surface area contributed by atoms with Crippen LogP contribution in [0.2, 0.25) is 0 Å². The number of fused-ring (bicyclic) bond motifs is 1. The molecule has 1 aliphatic rings. The molecule has 5 rings (SSSR count). The Hall–Kier alpha value is -2.55. The first kappa shape index (κ1) is 20.4. The number of aromatic nitrogens is 2. The summed E-state index contributed by atoms with van der Waals surface area (Å²) in [6, 6.07) is 16.1. The van der Waals surface area contributed by atoms with Crippen LogP contribution in [0.25, 0.3) is 11.0 Å². The topological polar surface area (TPSA) is 58.5 Å². The molecular weight excluding hydrogens is 444 g/mol. The van der Waals surface area contributed by atoms with Crippen molar-refractivity contribution in [1.82, 2.24) is 15.0 Å². The van der Waals surface area contributed by atoms with E-state index in [0.29, 0.717) is 11.5 Å². The van der Waals surface area contributed by atoms with E-state index in [1.165, 1.54) is 4.88 Å². The highest BCUT2D eigenvalue weighted by atomic mass is 32.2. The van der Waals surface area contributed by atoms with Crippen molar-refractivity contribution in [2.24, 2.45) is 5.10 Å². The van der Waals surface area contributed by atoms with E-state index in [4.69, 9.17) is 10.1 Å². The van der Waals surface area contributed by atoms with E-state index in [-0.39, 0.29) is 11.9 Å². The number of para-hydroxylation sites is 2. The van der Waals surface area contributed by atoms with Gasteiger partial charge in [-0.1, -0.05) is 24.3 Å². The Balaban J connectivity index is 1.30. The quantitative estimate of drug-likeness (QED) is 0.369. The minimum Gasteiger partial charge on any atom is -0.272 e. The van der Waals surface area contributed by atoms with Gasteiger partial charge < -0.3 is 0 Å². The Kier molecular flexibility index (Phi) is 5.85. The largest absolute Gasteiger partial charge is 0.272 e. The zero-order valence-electron chi connectivity index (χ0n) is 16.9. The van der Waals surface area contributed by atoms with Crippen molar-refractivity contribution in [3.8, 4) is 0 Å². The maximum atomic E-state index is 13.1. The lowest BCUT2D eigenvalue weighted by Gasteiger charge is -2.20. The molecule has 4 heterocycles. The molecule has 0 fully saturated rings. The van der Waals surface area contributed by atoms with Crippen molar-refractivity contribution in [2.45, 2.75) is 25.1 Å². The molecular formula is C23H20N4OS3. The van der Waals surface area contributed by atoms with Crippen molar-refractivity contribution in [1.29, 1.82) is 0 Å². The van der Waals surface area contributed by atoms with Gasteiger partial charge in [0.1, 0.15) is 0 Å². The molecule has 1 amide bonds. The summed E-state index contributed by atoms with van der Waals surface area (Å²) in [4.78, 5) is 24.8. The third-order valence-corrected chi connectivity index (χ3v) is 7.97. The van der Waals surface area contributed by atoms with E-state index in [2.05, 4.69) is 22.5 Å². The fourth-order valence-electron chi connectivity index (χ4n) is 3.60. The van der Waals surface area contributed by atoms with Crippen LogP contribution in [-0.4, -0.2) is 32.3 Å². The molecule has 0 radical (unpaired) electrons. The lowest BCUT2D eigenvalue weighted by Crippen LogP contribution is -2.28. The summed E-state index contributed by atoms with van der Waals surface area (Å²) < 4.78 is 0. The van der Waals surface area contributed by atoms with Crippen LogP contribution in [0.5, 0.6) is 0 Å². The van der Waals surface area contributed by atoms with Crippen LogP contribution in [0.3, 0.4) is 0 Å². The van der Waals surface area contributed by atoms with E-state index in [1.54, 1.807) is 39.4 Å². The van der Waals surface area contributed by atoms with Crippen molar-refractivity contribution >= 4 is 57.1 Å². The first-order chi connectivity index (χ1) is 15.2. The molecule has 0 spiro atoms. The van der Waals surface area contributed by atoms with Crippen molar-refractivity contribution in [3.05, 3.63) is 80.4 Å². The molecule has 5 nitrogen and oxygen atoms in total. The molecule has 0 bridgehead atoms. The first-order valence-electron chi connectivity index (χ1n) is 9.96. The van der Waals surface area contributed by atoms with Crippen LogP contribution in [0.1, 0.15) is 33.6 Å². The predicted octanol–water partition coefficient (Wildman–Crippen LogP) is 5.67. The summed E-state index contributed by atoms with van der Waals surface area (Å²) in [5.74, 6) is 1.03. The molecule has 0 N–H and O–H groups in total. The van der Waals surface area contributed by atoms with Crippen molar-refractivity contribution in [2.75, 3.05) is 5.75 Å². The highest BCUT2D eigenvalue weighted by Crippen LogP contribution is 2.36. The van der Waals surface area contributed by atoms with Gasteiger partial charge in [0.15, 0.2) is 0 Å². The molecule has 8 heteroatoms. The van der Waals surface area contributed by atoms with Crippen LogP contribution in [0.15, 0.2) is 64.4 Å². The Morgan fingerprint density at radius 3 is 2.58 bits per heavy atom. The molecule has 0 aliphatic carbocycles. The Morgan fingerprint density at radius 1 is 1.06 bits per heavy atom. The number of carbonyl (C=O) groups is 1. The zero-order chi connectivity index (χ0) is 21.2. The number of hydrazone groups is 1. The molecule has 1 aromatic carbocycles. The summed E-state index contributed by atoms with van der Waals surface area (Å²) in [5, 5.41) is 10.5. The maximum Gasteiger partial charge on any atom is 0.253 e. The third kappa shape index (κ3) is 4.28. The van der Waals surface area contributed by atoms with E-state index >= 15 is 0 Å². The SMILES string of the molecule is Cc1nc2ccccc2nc1CSCC(=O)N1N=C(c2cccs2)C[C@H]1c1cccs1. The molecule has 1 atom stereocenters. The number of amides is 1. The lowest BCUT2D eigenvalue weighted by atomic mass is 10.1. The highest BCUT2D eigenvalue weighted by molar-refractivity contribution is 7.99. The number of thiophene rings is 2. The molecule has 1 aliphatic heterocycles. The number of benzene rings is 1. The molecule has 4 aromatic rings. The van der Waals surface area contributed by atoms with Gasteiger partial charge in [-0.05, 0) is 41.9 Å². The average Bonchev–Trinajstić information content (AvgIpc) is 3.54. The first-order valence-corrected chi connectivity index (χ1v) is 12.9. The van der Waals surface area contributed by atoms with Crippen molar-refractivity contribution < 1.29 is 4.79 Å². The summed E-state index contributed by atoms with van der Waals surface area (Å²) in [6.45, 7) is 1.97. The second-order valence-corrected chi connectivity index (χ2v) is 10.1. The van der Waals surface area contributed by atoms with Crippen LogP contribution in [0.4, 0.5) is 0 Å². The Bertz CT molecular complexity index is 1240. The van der Waals surface area contributed by atoms with Gasteiger partial charge in [-0.15, -0.1) is 34.4 Å². The summed E-state index contributed by atoms with van der Waals surface area (Å²) in [5.41, 5.74) is 4.61. The smallest absolute Gasteiger partial charge is 0.253 e. The normalized spacial score (nSPS) is 16.1. The van der Waals surface area contributed by atoms with Crippen LogP contribution in [-0.2, 0) is 10.5 Å². The van der Waals surface area contributed by atoms with Crippen LogP contribution in [0, 0.1) is 6.92 Å². The number of aryl methyl sites for hydroxylation is 1. The number of hydrogen-bond acceptors (Lipinski definition) is 7. The maximum absolute atomic E-state index is 13.1. The number of thioether (sulfide) groups is 1. The zero-order valence-corrected chi connectivity index (χ0v) is 19.3. The van der Waals surface area contributed by atoms with Gasteiger partial charge in [0.05, 0.1) is 44.8 Å². The Labute approximate surface area is 192 Å². The summed E-state index contributed by atoms with van der Waals surface area (Å²) in [6.07, 6.45) is 0.757. The number of rotatable bonds is 6. The fourth-order valence-corrected chi connectivity index (χ4v) is 6.01. The van der Waals surface area contributed by atoms with Crippen LogP contribution >= 0.6 is 34.4 Å². The van der Waals surface area contributed by atoms with Gasteiger partial charge in [-0.3, -0.25) is 4.79 Å². The van der Waals surface area contributed by atoms with E-state index in [1.807, 2.05) is 48.7 Å². The van der Waals surface area contributed by atoms with Crippen LogP contribution < -0.4 is 0 Å². The number of nitrogens with zero attached hydrogens (tertiary/aromatic N) is 4. The van der Waals surface area contributed by atoms with Gasteiger partial charge in [-0.2, -0.15) is 5.10 Å². The average molecular weight is 465 g/mol. The monoisotopic (exact) mass is 464 g/mol.